The highest BCUT2D eigenvalue weighted by molar-refractivity contribution is 5.81. The van der Waals surface area contributed by atoms with E-state index in [0.717, 1.165) is 13.0 Å². The molecule has 2 atom stereocenters. The van der Waals surface area contributed by atoms with Gasteiger partial charge in [-0.1, -0.05) is 23.8 Å². The molecular formula is C16H24N2O2. The lowest BCUT2D eigenvalue weighted by atomic mass is 10.00. The van der Waals surface area contributed by atoms with Crippen LogP contribution in [0.15, 0.2) is 18.2 Å². The molecule has 0 aliphatic carbocycles. The van der Waals surface area contributed by atoms with E-state index in [0.29, 0.717) is 13.2 Å². The molecule has 1 amide bonds. The van der Waals surface area contributed by atoms with Crippen molar-refractivity contribution in [3.05, 3.63) is 34.9 Å². The standard InChI is InChI=1S/C16H24N2O2/c1-11-4-5-14(12(2)8-11)9-13(3)18-16(19)15-10-17-6-7-20-15/h4-5,8,13,15,17H,6-7,9-10H2,1-3H3,(H,18,19). The van der Waals surface area contributed by atoms with E-state index in [-0.39, 0.29) is 18.1 Å². The van der Waals surface area contributed by atoms with Gasteiger partial charge in [0.05, 0.1) is 6.61 Å². The summed E-state index contributed by atoms with van der Waals surface area (Å²) in [5.41, 5.74) is 3.83. The smallest absolute Gasteiger partial charge is 0.250 e. The van der Waals surface area contributed by atoms with Crippen LogP contribution in [-0.4, -0.2) is 37.7 Å². The van der Waals surface area contributed by atoms with Crippen molar-refractivity contribution in [3.8, 4) is 0 Å². The zero-order valence-electron chi connectivity index (χ0n) is 12.5. The predicted molar refractivity (Wildman–Crippen MR) is 79.8 cm³/mol. The lowest BCUT2D eigenvalue weighted by Gasteiger charge is -2.24. The van der Waals surface area contributed by atoms with Crippen LogP contribution in [0.4, 0.5) is 0 Å². The van der Waals surface area contributed by atoms with E-state index in [1.807, 2.05) is 6.92 Å². The molecule has 0 spiro atoms. The van der Waals surface area contributed by atoms with Crippen molar-refractivity contribution in [2.24, 2.45) is 0 Å². The number of amides is 1. The molecule has 1 saturated heterocycles. The van der Waals surface area contributed by atoms with Crippen molar-refractivity contribution < 1.29 is 9.53 Å². The van der Waals surface area contributed by atoms with Crippen LogP contribution >= 0.6 is 0 Å². The molecule has 0 aromatic heterocycles. The molecule has 2 unspecified atom stereocenters. The normalized spacial score (nSPS) is 20.4. The van der Waals surface area contributed by atoms with Crippen molar-refractivity contribution in [2.75, 3.05) is 19.7 Å². The van der Waals surface area contributed by atoms with Crippen LogP contribution in [-0.2, 0) is 16.0 Å². The van der Waals surface area contributed by atoms with E-state index in [4.69, 9.17) is 4.74 Å². The van der Waals surface area contributed by atoms with E-state index in [1.165, 1.54) is 16.7 Å². The lowest BCUT2D eigenvalue weighted by Crippen LogP contribution is -2.50. The SMILES string of the molecule is Cc1ccc(CC(C)NC(=O)C2CNCCO2)c(C)c1. The average Bonchev–Trinajstić information content (AvgIpc) is 2.43. The second kappa shape index (κ2) is 6.86. The highest BCUT2D eigenvalue weighted by Gasteiger charge is 2.22. The summed E-state index contributed by atoms with van der Waals surface area (Å²) in [6.45, 7) is 8.27. The summed E-state index contributed by atoms with van der Waals surface area (Å²) in [6.07, 6.45) is 0.489. The Morgan fingerprint density at radius 2 is 2.30 bits per heavy atom. The maximum atomic E-state index is 12.1. The minimum atomic E-state index is -0.356. The van der Waals surface area contributed by atoms with Crippen LogP contribution in [0.25, 0.3) is 0 Å². The van der Waals surface area contributed by atoms with Crippen LogP contribution < -0.4 is 10.6 Å². The van der Waals surface area contributed by atoms with Gasteiger partial charge in [-0.15, -0.1) is 0 Å². The minimum absolute atomic E-state index is 0.0190. The van der Waals surface area contributed by atoms with Crippen molar-refractivity contribution in [1.82, 2.24) is 10.6 Å². The van der Waals surface area contributed by atoms with Gasteiger partial charge in [0, 0.05) is 19.1 Å². The molecule has 1 aliphatic heterocycles. The van der Waals surface area contributed by atoms with Gasteiger partial charge in [-0.2, -0.15) is 0 Å². The predicted octanol–water partition coefficient (Wildman–Crippen LogP) is 1.34. The first-order valence-corrected chi connectivity index (χ1v) is 7.25. The molecule has 1 aromatic rings. The van der Waals surface area contributed by atoms with Gasteiger partial charge in [-0.25, -0.2) is 0 Å². The second-order valence-corrected chi connectivity index (χ2v) is 5.61. The number of ether oxygens (including phenoxy) is 1. The largest absolute Gasteiger partial charge is 0.366 e. The fourth-order valence-electron chi connectivity index (χ4n) is 2.53. The van der Waals surface area contributed by atoms with Gasteiger partial charge in [0.1, 0.15) is 6.10 Å². The number of aryl methyl sites for hydroxylation is 2. The summed E-state index contributed by atoms with van der Waals surface area (Å²) >= 11 is 0. The zero-order valence-corrected chi connectivity index (χ0v) is 12.5. The first kappa shape index (κ1) is 15.0. The first-order valence-electron chi connectivity index (χ1n) is 7.25. The average molecular weight is 276 g/mol. The van der Waals surface area contributed by atoms with E-state index in [2.05, 4.69) is 42.7 Å². The maximum Gasteiger partial charge on any atom is 0.250 e. The quantitative estimate of drug-likeness (QED) is 0.872. The molecule has 110 valence electrons. The number of rotatable bonds is 4. The van der Waals surface area contributed by atoms with Gasteiger partial charge >= 0.3 is 0 Å². The summed E-state index contributed by atoms with van der Waals surface area (Å²) in [7, 11) is 0. The Morgan fingerprint density at radius 1 is 1.50 bits per heavy atom. The summed E-state index contributed by atoms with van der Waals surface area (Å²) in [4.78, 5) is 12.1. The molecule has 2 N–H and O–H groups in total. The highest BCUT2D eigenvalue weighted by Crippen LogP contribution is 2.12. The topological polar surface area (TPSA) is 50.4 Å². The molecule has 1 aliphatic rings. The summed E-state index contributed by atoms with van der Waals surface area (Å²) in [6, 6.07) is 6.55. The molecule has 0 bridgehead atoms. The van der Waals surface area contributed by atoms with Gasteiger partial charge < -0.3 is 15.4 Å². The van der Waals surface area contributed by atoms with E-state index in [9.17, 15) is 4.79 Å². The van der Waals surface area contributed by atoms with Crippen LogP contribution in [0, 0.1) is 13.8 Å². The maximum absolute atomic E-state index is 12.1. The van der Waals surface area contributed by atoms with Gasteiger partial charge in [0.2, 0.25) is 0 Å². The number of benzene rings is 1. The summed E-state index contributed by atoms with van der Waals surface area (Å²) < 4.78 is 5.46. The second-order valence-electron chi connectivity index (χ2n) is 5.61. The van der Waals surface area contributed by atoms with E-state index < -0.39 is 0 Å². The Balaban J connectivity index is 1.88. The Kier molecular flexibility index (Phi) is 5.15. The van der Waals surface area contributed by atoms with E-state index in [1.54, 1.807) is 0 Å². The van der Waals surface area contributed by atoms with Crippen molar-refractivity contribution >= 4 is 5.91 Å². The minimum Gasteiger partial charge on any atom is -0.366 e. The van der Waals surface area contributed by atoms with Crippen LogP contribution in [0.3, 0.4) is 0 Å². The Hall–Kier alpha value is -1.39. The fourth-order valence-corrected chi connectivity index (χ4v) is 2.53. The monoisotopic (exact) mass is 276 g/mol. The first-order chi connectivity index (χ1) is 9.56. The highest BCUT2D eigenvalue weighted by atomic mass is 16.5. The molecule has 0 radical (unpaired) electrons. The molecule has 1 fully saturated rings. The number of carbonyl (C=O) groups is 1. The molecular weight excluding hydrogens is 252 g/mol. The number of hydrogen-bond donors (Lipinski definition) is 2. The van der Waals surface area contributed by atoms with Gasteiger partial charge in [-0.05, 0) is 38.3 Å². The molecule has 1 aromatic carbocycles. The number of carbonyl (C=O) groups excluding carboxylic acids is 1. The van der Waals surface area contributed by atoms with Gasteiger partial charge in [-0.3, -0.25) is 4.79 Å². The molecule has 0 saturated carbocycles. The molecule has 4 nitrogen and oxygen atoms in total. The van der Waals surface area contributed by atoms with Gasteiger partial charge in [0.25, 0.3) is 5.91 Å². The van der Waals surface area contributed by atoms with Crippen molar-refractivity contribution in [2.45, 2.75) is 39.3 Å². The molecule has 4 heteroatoms. The van der Waals surface area contributed by atoms with Crippen LogP contribution in [0.5, 0.6) is 0 Å². The molecule has 2 rings (SSSR count). The van der Waals surface area contributed by atoms with E-state index >= 15 is 0 Å². The number of hydrogen-bond acceptors (Lipinski definition) is 3. The number of nitrogens with one attached hydrogen (secondary N) is 2. The summed E-state index contributed by atoms with van der Waals surface area (Å²) in [5.74, 6) is -0.0190. The number of morpholine rings is 1. The third kappa shape index (κ3) is 4.05. The molecule has 20 heavy (non-hydrogen) atoms. The Bertz CT molecular complexity index is 468. The molecule has 1 heterocycles. The van der Waals surface area contributed by atoms with Crippen LogP contribution in [0.1, 0.15) is 23.6 Å². The summed E-state index contributed by atoms with van der Waals surface area (Å²) in [5, 5.41) is 6.20. The Morgan fingerprint density at radius 3 is 2.95 bits per heavy atom. The Labute approximate surface area is 120 Å². The van der Waals surface area contributed by atoms with Gasteiger partial charge in [0.15, 0.2) is 0 Å². The fraction of sp³-hybridized carbons (Fsp3) is 0.562. The van der Waals surface area contributed by atoms with Crippen LogP contribution in [0.2, 0.25) is 0 Å². The third-order valence-corrected chi connectivity index (χ3v) is 3.63. The third-order valence-electron chi connectivity index (χ3n) is 3.63. The van der Waals surface area contributed by atoms with Crippen molar-refractivity contribution in [3.63, 3.8) is 0 Å². The van der Waals surface area contributed by atoms with Crippen molar-refractivity contribution in [1.29, 1.82) is 0 Å². The zero-order chi connectivity index (χ0) is 14.5. The lowest BCUT2D eigenvalue weighted by molar-refractivity contribution is -0.134.